The minimum atomic E-state index is 0.103. The van der Waals surface area contributed by atoms with Crippen LogP contribution in [-0.2, 0) is 0 Å². The molecular weight excluding hydrogens is 615 g/mol. The summed E-state index contributed by atoms with van der Waals surface area (Å²) in [6.07, 6.45) is 0. The Labute approximate surface area is 299 Å². The molecule has 0 spiro atoms. The van der Waals surface area contributed by atoms with Gasteiger partial charge < -0.3 is 9.80 Å². The third-order valence-electron chi connectivity index (χ3n) is 10.5. The second-order valence-electron chi connectivity index (χ2n) is 13.3. The molecule has 0 amide bonds. The molecule has 0 radical (unpaired) electrons. The lowest BCUT2D eigenvalue weighted by Gasteiger charge is -2.44. The quantitative estimate of drug-likeness (QED) is 0.171. The van der Waals surface area contributed by atoms with E-state index in [9.17, 15) is 0 Å². The Kier molecular flexibility index (Phi) is 6.95. The maximum Gasteiger partial charge on any atom is 0.252 e. The molecule has 8 aromatic carbocycles. The van der Waals surface area contributed by atoms with E-state index >= 15 is 0 Å². The Morgan fingerprint density at radius 2 is 0.627 bits per heavy atom. The highest BCUT2D eigenvalue weighted by molar-refractivity contribution is 7.00. The van der Waals surface area contributed by atoms with Gasteiger partial charge in [-0.05, 0) is 98.3 Å². The van der Waals surface area contributed by atoms with E-state index in [1.165, 1.54) is 72.5 Å². The Hall–Kier alpha value is -6.58. The number of benzene rings is 8. The van der Waals surface area contributed by atoms with Crippen LogP contribution in [0.15, 0.2) is 200 Å². The summed E-state index contributed by atoms with van der Waals surface area (Å²) in [5, 5.41) is 0. The molecule has 2 aliphatic rings. The van der Waals surface area contributed by atoms with Crippen LogP contribution < -0.4 is 26.2 Å². The lowest BCUT2D eigenvalue weighted by molar-refractivity contribution is 1.25. The van der Waals surface area contributed by atoms with Crippen LogP contribution in [0.1, 0.15) is 0 Å². The summed E-state index contributed by atoms with van der Waals surface area (Å²) in [5.41, 5.74) is 18.4. The lowest BCUT2D eigenvalue weighted by Crippen LogP contribution is -2.61. The number of rotatable bonds is 5. The van der Waals surface area contributed by atoms with Crippen molar-refractivity contribution in [1.29, 1.82) is 0 Å². The standard InChI is InChI=1S/C48H33BN2/c1-4-14-34(15-5-1)36-24-26-37(27-25-36)38-28-30-41(31-29-38)51-45-23-13-11-21-43(45)49-42-20-10-12-22-44(42)50(40-18-8-3-9-19-40)46-32-39(33-47(51)48(46)49)35-16-6-2-7-17-35/h1-33H. The lowest BCUT2D eigenvalue weighted by atomic mass is 9.33. The summed E-state index contributed by atoms with van der Waals surface area (Å²) >= 11 is 0. The molecule has 238 valence electrons. The van der Waals surface area contributed by atoms with E-state index < -0.39 is 0 Å². The Morgan fingerprint density at radius 3 is 1.12 bits per heavy atom. The van der Waals surface area contributed by atoms with Crippen molar-refractivity contribution in [2.75, 3.05) is 9.80 Å². The number of anilines is 6. The van der Waals surface area contributed by atoms with Crippen LogP contribution in [0.4, 0.5) is 34.1 Å². The maximum atomic E-state index is 2.48. The van der Waals surface area contributed by atoms with Gasteiger partial charge in [-0.25, -0.2) is 0 Å². The van der Waals surface area contributed by atoms with Gasteiger partial charge in [-0.3, -0.25) is 0 Å². The Morgan fingerprint density at radius 1 is 0.275 bits per heavy atom. The molecule has 0 fully saturated rings. The predicted molar refractivity (Wildman–Crippen MR) is 217 cm³/mol. The third kappa shape index (κ3) is 4.89. The van der Waals surface area contributed by atoms with Gasteiger partial charge >= 0.3 is 0 Å². The Balaban J connectivity index is 1.16. The first-order valence-electron chi connectivity index (χ1n) is 17.6. The zero-order chi connectivity index (χ0) is 33.7. The van der Waals surface area contributed by atoms with Crippen LogP contribution in [-0.4, -0.2) is 6.71 Å². The molecule has 2 nitrogen and oxygen atoms in total. The summed E-state index contributed by atoms with van der Waals surface area (Å²) in [6.45, 7) is 0.103. The Bertz CT molecular complexity index is 2510. The second-order valence-corrected chi connectivity index (χ2v) is 13.3. The molecule has 2 aliphatic heterocycles. The largest absolute Gasteiger partial charge is 0.311 e. The summed E-state index contributed by atoms with van der Waals surface area (Å²) < 4.78 is 0. The topological polar surface area (TPSA) is 6.48 Å². The molecule has 0 unspecified atom stereocenters. The smallest absolute Gasteiger partial charge is 0.252 e. The van der Waals surface area contributed by atoms with Gasteiger partial charge in [0.1, 0.15) is 0 Å². The van der Waals surface area contributed by atoms with E-state index in [4.69, 9.17) is 0 Å². The van der Waals surface area contributed by atoms with Crippen LogP contribution in [0, 0.1) is 0 Å². The van der Waals surface area contributed by atoms with Crippen LogP contribution >= 0.6 is 0 Å². The molecule has 0 atom stereocenters. The van der Waals surface area contributed by atoms with Crippen LogP contribution in [0.2, 0.25) is 0 Å². The van der Waals surface area contributed by atoms with Crippen molar-refractivity contribution in [3.63, 3.8) is 0 Å². The number of hydrogen-bond acceptors (Lipinski definition) is 2. The van der Waals surface area contributed by atoms with Crippen molar-refractivity contribution >= 4 is 57.2 Å². The van der Waals surface area contributed by atoms with E-state index in [2.05, 4.69) is 210 Å². The SMILES string of the molecule is c1ccc(-c2ccc(-c3ccc(N4c5ccccc5B5c6ccccc6N(c6ccccc6)c6cc(-c7ccccc7)cc4c65)cc3)cc2)cc1. The van der Waals surface area contributed by atoms with Crippen LogP contribution in [0.3, 0.4) is 0 Å². The molecule has 2 heterocycles. The first kappa shape index (κ1) is 29.4. The fraction of sp³-hybridized carbons (Fsp3) is 0. The molecule has 10 rings (SSSR count). The third-order valence-corrected chi connectivity index (χ3v) is 10.5. The van der Waals surface area contributed by atoms with Crippen molar-refractivity contribution in [3.05, 3.63) is 200 Å². The summed E-state index contributed by atoms with van der Waals surface area (Å²) in [4.78, 5) is 4.95. The summed E-state index contributed by atoms with van der Waals surface area (Å²) in [5.74, 6) is 0. The van der Waals surface area contributed by atoms with Crippen molar-refractivity contribution in [2.24, 2.45) is 0 Å². The molecule has 3 heteroatoms. The molecule has 0 bridgehead atoms. The second kappa shape index (κ2) is 12.1. The maximum absolute atomic E-state index is 2.48. The minimum absolute atomic E-state index is 0.103. The van der Waals surface area contributed by atoms with Gasteiger partial charge in [0.05, 0.1) is 0 Å². The number of para-hydroxylation sites is 3. The van der Waals surface area contributed by atoms with Gasteiger partial charge in [-0.15, -0.1) is 0 Å². The normalized spacial score (nSPS) is 12.6. The molecule has 0 saturated carbocycles. The van der Waals surface area contributed by atoms with Crippen molar-refractivity contribution in [1.82, 2.24) is 0 Å². The molecule has 0 aliphatic carbocycles. The van der Waals surface area contributed by atoms with Crippen molar-refractivity contribution in [2.45, 2.75) is 0 Å². The number of nitrogens with zero attached hydrogens (tertiary/aromatic N) is 2. The zero-order valence-electron chi connectivity index (χ0n) is 28.0. The predicted octanol–water partition coefficient (Wildman–Crippen LogP) is 10.8. The summed E-state index contributed by atoms with van der Waals surface area (Å²) in [7, 11) is 0. The van der Waals surface area contributed by atoms with Gasteiger partial charge in [0.2, 0.25) is 0 Å². The van der Waals surface area contributed by atoms with Crippen LogP contribution in [0.25, 0.3) is 33.4 Å². The number of hydrogen-bond donors (Lipinski definition) is 0. The minimum Gasteiger partial charge on any atom is -0.311 e. The van der Waals surface area contributed by atoms with Crippen LogP contribution in [0.5, 0.6) is 0 Å². The number of fused-ring (bicyclic) bond motifs is 4. The molecule has 0 saturated heterocycles. The monoisotopic (exact) mass is 648 g/mol. The highest BCUT2D eigenvalue weighted by Crippen LogP contribution is 2.46. The van der Waals surface area contributed by atoms with Crippen molar-refractivity contribution < 1.29 is 0 Å². The molecule has 0 N–H and O–H groups in total. The summed E-state index contributed by atoms with van der Waals surface area (Å²) in [6, 6.07) is 72.9. The highest BCUT2D eigenvalue weighted by Gasteiger charge is 2.43. The van der Waals surface area contributed by atoms with Gasteiger partial charge in [0, 0.05) is 34.1 Å². The van der Waals surface area contributed by atoms with E-state index in [1.807, 2.05) is 0 Å². The first-order chi connectivity index (χ1) is 25.3. The van der Waals surface area contributed by atoms with E-state index in [1.54, 1.807) is 0 Å². The van der Waals surface area contributed by atoms with Gasteiger partial charge in [0.25, 0.3) is 6.71 Å². The van der Waals surface area contributed by atoms with Gasteiger partial charge in [-0.1, -0.05) is 152 Å². The molecular formula is C48H33BN2. The van der Waals surface area contributed by atoms with E-state index in [0.717, 1.165) is 11.4 Å². The van der Waals surface area contributed by atoms with E-state index in [-0.39, 0.29) is 6.71 Å². The molecule has 0 aromatic heterocycles. The fourth-order valence-corrected chi connectivity index (χ4v) is 8.12. The highest BCUT2D eigenvalue weighted by atomic mass is 15.2. The fourth-order valence-electron chi connectivity index (χ4n) is 8.12. The zero-order valence-corrected chi connectivity index (χ0v) is 28.0. The van der Waals surface area contributed by atoms with Gasteiger partial charge in [-0.2, -0.15) is 0 Å². The first-order valence-corrected chi connectivity index (χ1v) is 17.6. The molecule has 51 heavy (non-hydrogen) atoms. The van der Waals surface area contributed by atoms with Gasteiger partial charge in [0.15, 0.2) is 0 Å². The average molecular weight is 649 g/mol. The van der Waals surface area contributed by atoms with Crippen molar-refractivity contribution in [3.8, 4) is 33.4 Å². The molecule has 8 aromatic rings. The average Bonchev–Trinajstić information content (AvgIpc) is 3.22. The van der Waals surface area contributed by atoms with E-state index in [0.29, 0.717) is 0 Å².